The maximum Gasteiger partial charge on any atom is 0.337 e. The first-order chi connectivity index (χ1) is 11.9. The molecular weight excluding hydrogens is 330 g/mol. The number of esters is 1. The molecule has 0 spiro atoms. The first-order valence-corrected chi connectivity index (χ1v) is 11.5. The maximum atomic E-state index is 11.5. The number of hydrogen-bond acceptors (Lipinski definition) is 4. The lowest BCUT2D eigenvalue weighted by Crippen LogP contribution is -2.24. The number of ether oxygens (including phenoxy) is 1. The van der Waals surface area contributed by atoms with E-state index in [0.29, 0.717) is 11.4 Å². The highest BCUT2D eigenvalue weighted by Crippen LogP contribution is 2.16. The molecule has 2 rings (SSSR count). The Balaban J connectivity index is 2.22. The molecule has 0 fully saturated rings. The molecule has 2 aromatic rings. The highest BCUT2D eigenvalue weighted by Gasteiger charge is 2.17. The van der Waals surface area contributed by atoms with Gasteiger partial charge in [0.1, 0.15) is 0 Å². The lowest BCUT2D eigenvalue weighted by atomic mass is 10.1. The van der Waals surface area contributed by atoms with E-state index >= 15 is 0 Å². The van der Waals surface area contributed by atoms with Gasteiger partial charge in [-0.15, -0.1) is 0 Å². The topological polar surface area (TPSA) is 47.9 Å². The van der Waals surface area contributed by atoms with Gasteiger partial charge in [0.15, 0.2) is 5.88 Å². The molecule has 0 aliphatic rings. The summed E-state index contributed by atoms with van der Waals surface area (Å²) in [5, 5.41) is 0. The van der Waals surface area contributed by atoms with Crippen LogP contribution in [-0.4, -0.2) is 27.6 Å². The highest BCUT2D eigenvalue weighted by atomic mass is 28.4. The minimum atomic E-state index is -1.78. The smallest absolute Gasteiger partial charge is 0.337 e. The predicted molar refractivity (Wildman–Crippen MR) is 104 cm³/mol. The van der Waals surface area contributed by atoms with E-state index in [1.165, 1.54) is 7.11 Å². The van der Waals surface area contributed by atoms with Gasteiger partial charge >= 0.3 is 5.97 Å². The van der Waals surface area contributed by atoms with Crippen molar-refractivity contribution in [1.82, 2.24) is 0 Å². The van der Waals surface area contributed by atoms with Crippen LogP contribution in [0.3, 0.4) is 0 Å². The summed E-state index contributed by atoms with van der Waals surface area (Å²) in [7, 11) is -0.417. The summed E-state index contributed by atoms with van der Waals surface area (Å²) in [6.07, 6.45) is 3.66. The van der Waals surface area contributed by atoms with Gasteiger partial charge in [-0.1, -0.05) is 42.5 Å². The van der Waals surface area contributed by atoms with Crippen molar-refractivity contribution in [2.24, 2.45) is 4.99 Å². The molecule has 0 aromatic heterocycles. The number of benzene rings is 2. The van der Waals surface area contributed by atoms with Crippen molar-refractivity contribution >= 4 is 26.6 Å². The Kier molecular flexibility index (Phi) is 6.30. The Bertz CT molecular complexity index is 760. The molecule has 0 amide bonds. The van der Waals surface area contributed by atoms with Crippen LogP contribution in [0.2, 0.25) is 19.6 Å². The van der Waals surface area contributed by atoms with Crippen molar-refractivity contribution in [3.05, 3.63) is 77.2 Å². The van der Waals surface area contributed by atoms with Gasteiger partial charge < -0.3 is 9.16 Å². The van der Waals surface area contributed by atoms with Crippen molar-refractivity contribution in [3.8, 4) is 0 Å². The van der Waals surface area contributed by atoms with Crippen molar-refractivity contribution in [2.75, 3.05) is 7.11 Å². The van der Waals surface area contributed by atoms with Crippen LogP contribution in [0.1, 0.15) is 21.5 Å². The molecule has 0 heterocycles. The molecule has 25 heavy (non-hydrogen) atoms. The molecule has 130 valence electrons. The molecule has 0 saturated heterocycles. The van der Waals surface area contributed by atoms with Crippen molar-refractivity contribution in [3.63, 3.8) is 0 Å². The summed E-state index contributed by atoms with van der Waals surface area (Å²) in [5.41, 5.74) is 2.43. The van der Waals surface area contributed by atoms with Crippen LogP contribution in [0.15, 0.2) is 65.5 Å². The minimum Gasteiger partial charge on any atom is -0.531 e. The third-order valence-electron chi connectivity index (χ3n) is 3.17. The van der Waals surface area contributed by atoms with Crippen LogP contribution in [0.5, 0.6) is 0 Å². The van der Waals surface area contributed by atoms with E-state index in [0.717, 1.165) is 11.1 Å². The van der Waals surface area contributed by atoms with Crippen molar-refractivity contribution in [2.45, 2.75) is 19.6 Å². The standard InChI is InChI=1S/C20H23NO3Si/c1-23-20(22)18-12-10-17(11-13-18)15-21-19(24-25(2,3)4)14-16-8-6-5-7-9-16/h5-15H,1-4H3/b19-14-,21-15+. The fraction of sp³-hybridized carbons (Fsp3) is 0.200. The highest BCUT2D eigenvalue weighted by molar-refractivity contribution is 6.70. The Hall–Kier alpha value is -2.66. The zero-order valence-corrected chi connectivity index (χ0v) is 16.0. The fourth-order valence-corrected chi connectivity index (χ4v) is 2.80. The lowest BCUT2D eigenvalue weighted by Gasteiger charge is -2.19. The zero-order valence-electron chi connectivity index (χ0n) is 15.0. The van der Waals surface area contributed by atoms with E-state index in [4.69, 9.17) is 9.16 Å². The Morgan fingerprint density at radius 1 is 0.960 bits per heavy atom. The van der Waals surface area contributed by atoms with Gasteiger partial charge in [0.2, 0.25) is 8.32 Å². The Morgan fingerprint density at radius 2 is 1.60 bits per heavy atom. The molecule has 0 atom stereocenters. The predicted octanol–water partition coefficient (Wildman–Crippen LogP) is 4.74. The second kappa shape index (κ2) is 8.44. The lowest BCUT2D eigenvalue weighted by molar-refractivity contribution is 0.0600. The van der Waals surface area contributed by atoms with Crippen LogP contribution in [0.25, 0.3) is 6.08 Å². The number of hydrogen-bond donors (Lipinski definition) is 0. The second-order valence-electron chi connectivity index (χ2n) is 6.48. The molecule has 0 unspecified atom stereocenters. The Morgan fingerprint density at radius 3 is 2.16 bits per heavy atom. The monoisotopic (exact) mass is 353 g/mol. The number of nitrogens with zero attached hydrogens (tertiary/aromatic N) is 1. The zero-order chi connectivity index (χ0) is 18.3. The number of rotatable bonds is 6. The van der Waals surface area contributed by atoms with Gasteiger partial charge in [0.05, 0.1) is 12.7 Å². The van der Waals surface area contributed by atoms with Crippen molar-refractivity contribution in [1.29, 1.82) is 0 Å². The van der Waals surface area contributed by atoms with Crippen LogP contribution in [0.4, 0.5) is 0 Å². The van der Waals surface area contributed by atoms with Gasteiger partial charge in [-0.05, 0) is 42.9 Å². The minimum absolute atomic E-state index is 0.352. The van der Waals surface area contributed by atoms with Crippen LogP contribution in [0, 0.1) is 0 Å². The normalized spacial score (nSPS) is 12.2. The van der Waals surface area contributed by atoms with Gasteiger partial charge in [-0.3, -0.25) is 0 Å². The van der Waals surface area contributed by atoms with E-state index in [1.807, 2.05) is 48.5 Å². The molecule has 0 aliphatic carbocycles. The van der Waals surface area contributed by atoms with E-state index in [1.54, 1.807) is 18.3 Å². The summed E-state index contributed by atoms with van der Waals surface area (Å²) < 4.78 is 10.8. The number of carbonyl (C=O) groups is 1. The fourth-order valence-electron chi connectivity index (χ4n) is 2.06. The summed E-state index contributed by atoms with van der Waals surface area (Å²) in [5.74, 6) is 0.234. The molecule has 2 aromatic carbocycles. The first kappa shape index (κ1) is 18.7. The second-order valence-corrected chi connectivity index (χ2v) is 10.9. The third kappa shape index (κ3) is 6.39. The Labute approximate surface area is 150 Å². The average molecular weight is 353 g/mol. The van der Waals surface area contributed by atoms with Gasteiger partial charge in [0, 0.05) is 12.3 Å². The molecule has 0 bridgehead atoms. The van der Waals surface area contributed by atoms with Gasteiger partial charge in [0.25, 0.3) is 0 Å². The summed E-state index contributed by atoms with van der Waals surface area (Å²) in [6.45, 7) is 6.35. The van der Waals surface area contributed by atoms with E-state index in [2.05, 4.69) is 24.6 Å². The van der Waals surface area contributed by atoms with Crippen LogP contribution >= 0.6 is 0 Å². The molecular formula is C20H23NO3Si. The van der Waals surface area contributed by atoms with Gasteiger partial charge in [-0.25, -0.2) is 9.79 Å². The molecule has 0 radical (unpaired) electrons. The molecule has 4 nitrogen and oxygen atoms in total. The van der Waals surface area contributed by atoms with Crippen LogP contribution < -0.4 is 0 Å². The average Bonchev–Trinajstić information content (AvgIpc) is 2.59. The maximum absolute atomic E-state index is 11.5. The van der Waals surface area contributed by atoms with E-state index in [-0.39, 0.29) is 5.97 Å². The summed E-state index contributed by atoms with van der Waals surface area (Å²) >= 11 is 0. The quantitative estimate of drug-likeness (QED) is 0.326. The number of carbonyl (C=O) groups excluding carboxylic acids is 1. The molecule has 0 saturated carbocycles. The largest absolute Gasteiger partial charge is 0.531 e. The third-order valence-corrected chi connectivity index (χ3v) is 3.99. The summed E-state index contributed by atoms with van der Waals surface area (Å²) in [4.78, 5) is 16.0. The van der Waals surface area contributed by atoms with Crippen LogP contribution in [-0.2, 0) is 9.16 Å². The van der Waals surface area contributed by atoms with E-state index < -0.39 is 8.32 Å². The number of aliphatic imine (C=N–C) groups is 1. The molecule has 5 heteroatoms. The molecule has 0 N–H and O–H groups in total. The van der Waals surface area contributed by atoms with Gasteiger partial charge in [-0.2, -0.15) is 0 Å². The van der Waals surface area contributed by atoms with E-state index in [9.17, 15) is 4.79 Å². The summed E-state index contributed by atoms with van der Waals surface area (Å²) in [6, 6.07) is 17.0. The molecule has 0 aliphatic heterocycles. The first-order valence-electron chi connectivity index (χ1n) is 8.05. The SMILES string of the molecule is COC(=O)c1ccc(/C=N/C(=C/c2ccccc2)O[Si](C)(C)C)cc1. The van der Waals surface area contributed by atoms with Crippen molar-refractivity contribution < 1.29 is 14.0 Å². The number of methoxy groups -OCH3 is 1.